The highest BCUT2D eigenvalue weighted by atomic mass is 32.2. The molecule has 2 saturated heterocycles. The highest BCUT2D eigenvalue weighted by Gasteiger charge is 2.46. The van der Waals surface area contributed by atoms with Gasteiger partial charge in [-0.3, -0.25) is 9.69 Å². The number of hydrogen-bond acceptors (Lipinski definition) is 3. The van der Waals surface area contributed by atoms with Crippen LogP contribution in [0.5, 0.6) is 0 Å². The Bertz CT molecular complexity index is 300. The lowest BCUT2D eigenvalue weighted by molar-refractivity contribution is -0.140. The van der Waals surface area contributed by atoms with Gasteiger partial charge in [-0.2, -0.15) is 11.8 Å². The summed E-state index contributed by atoms with van der Waals surface area (Å²) < 4.78 is 0. The molecule has 0 bridgehead atoms. The fraction of sp³-hybridized carbons (Fsp3) is 0.923. The average Bonchev–Trinajstić information content (AvgIpc) is 2.67. The quantitative estimate of drug-likeness (QED) is 0.843. The average molecular weight is 257 g/mol. The van der Waals surface area contributed by atoms with Gasteiger partial charge in [0.05, 0.1) is 6.42 Å². The van der Waals surface area contributed by atoms with E-state index in [0.717, 1.165) is 31.0 Å². The molecule has 0 radical (unpaired) electrons. The van der Waals surface area contributed by atoms with Crippen LogP contribution in [0.3, 0.4) is 0 Å². The molecule has 2 aliphatic heterocycles. The molecule has 0 aromatic rings. The Hall–Kier alpha value is -0.220. The third-order valence-corrected chi connectivity index (χ3v) is 5.66. The van der Waals surface area contributed by atoms with E-state index in [9.17, 15) is 9.90 Å². The molecule has 1 N–H and O–H groups in total. The van der Waals surface area contributed by atoms with E-state index in [1.54, 1.807) is 0 Å². The van der Waals surface area contributed by atoms with Gasteiger partial charge < -0.3 is 5.11 Å². The molecule has 0 spiro atoms. The fourth-order valence-corrected chi connectivity index (χ4v) is 4.93. The smallest absolute Gasteiger partial charge is 0.305 e. The molecule has 0 aromatic carbocycles. The first-order valence-corrected chi connectivity index (χ1v) is 7.64. The first-order valence-electron chi connectivity index (χ1n) is 6.48. The highest BCUT2D eigenvalue weighted by Crippen LogP contribution is 2.45. The minimum absolute atomic E-state index is 0.0885. The summed E-state index contributed by atoms with van der Waals surface area (Å²) in [7, 11) is 0. The van der Waals surface area contributed by atoms with Crippen molar-refractivity contribution in [2.75, 3.05) is 24.6 Å². The highest BCUT2D eigenvalue weighted by molar-refractivity contribution is 7.99. The van der Waals surface area contributed by atoms with Crippen molar-refractivity contribution < 1.29 is 9.90 Å². The molecule has 98 valence electrons. The van der Waals surface area contributed by atoms with Gasteiger partial charge >= 0.3 is 5.97 Å². The fourth-order valence-electron chi connectivity index (χ4n) is 3.41. The maximum Gasteiger partial charge on any atom is 0.305 e. The van der Waals surface area contributed by atoms with Gasteiger partial charge in [-0.25, -0.2) is 0 Å². The predicted molar refractivity (Wildman–Crippen MR) is 71.5 cm³/mol. The third-order valence-electron chi connectivity index (χ3n) is 3.93. The Kier molecular flexibility index (Phi) is 3.74. The summed E-state index contributed by atoms with van der Waals surface area (Å²) in [5, 5.41) is 9.23. The first-order chi connectivity index (χ1) is 7.94. The third kappa shape index (κ3) is 2.97. The molecule has 2 fully saturated rings. The van der Waals surface area contributed by atoms with E-state index < -0.39 is 5.97 Å². The number of hydrogen-bond donors (Lipinski definition) is 1. The van der Waals surface area contributed by atoms with E-state index in [1.807, 2.05) is 11.8 Å². The van der Waals surface area contributed by atoms with Gasteiger partial charge in [0.2, 0.25) is 0 Å². The van der Waals surface area contributed by atoms with Crippen molar-refractivity contribution in [3.8, 4) is 0 Å². The van der Waals surface area contributed by atoms with Crippen LogP contribution in [-0.4, -0.2) is 46.1 Å². The Morgan fingerprint density at radius 1 is 1.29 bits per heavy atom. The lowest BCUT2D eigenvalue weighted by Gasteiger charge is -2.49. The van der Waals surface area contributed by atoms with Crippen molar-refractivity contribution in [2.45, 2.75) is 45.1 Å². The van der Waals surface area contributed by atoms with Crippen molar-refractivity contribution in [1.82, 2.24) is 4.90 Å². The van der Waals surface area contributed by atoms with Crippen LogP contribution in [0.1, 0.15) is 39.5 Å². The number of nitrogens with zero attached hydrogens (tertiary/aromatic N) is 1. The molecule has 17 heavy (non-hydrogen) atoms. The van der Waals surface area contributed by atoms with E-state index in [1.165, 1.54) is 12.8 Å². The maximum absolute atomic E-state index is 11.2. The van der Waals surface area contributed by atoms with Crippen LogP contribution in [0.2, 0.25) is 0 Å². The minimum Gasteiger partial charge on any atom is -0.481 e. The number of thioether (sulfide) groups is 1. The monoisotopic (exact) mass is 257 g/mol. The Morgan fingerprint density at radius 3 is 2.47 bits per heavy atom. The number of aliphatic carboxylic acids is 1. The Morgan fingerprint density at radius 2 is 1.94 bits per heavy atom. The zero-order valence-corrected chi connectivity index (χ0v) is 11.7. The first kappa shape index (κ1) is 13.2. The zero-order chi connectivity index (χ0) is 12.5. The lowest BCUT2D eigenvalue weighted by Crippen LogP contribution is -2.55. The molecule has 0 saturated carbocycles. The van der Waals surface area contributed by atoms with Crippen LogP contribution in [0.15, 0.2) is 0 Å². The van der Waals surface area contributed by atoms with Gasteiger partial charge in [-0.1, -0.05) is 13.8 Å². The number of likely N-dealkylation sites (tertiary alicyclic amines) is 1. The largest absolute Gasteiger partial charge is 0.481 e. The van der Waals surface area contributed by atoms with Crippen molar-refractivity contribution in [1.29, 1.82) is 0 Å². The van der Waals surface area contributed by atoms with E-state index in [-0.39, 0.29) is 11.0 Å². The molecule has 1 unspecified atom stereocenters. The van der Waals surface area contributed by atoms with Gasteiger partial charge in [0, 0.05) is 11.3 Å². The van der Waals surface area contributed by atoms with Crippen LogP contribution >= 0.6 is 11.8 Å². The second-order valence-corrected chi connectivity index (χ2v) is 7.31. The van der Waals surface area contributed by atoms with E-state index in [4.69, 9.17) is 0 Å². The molecular formula is C13H23NO2S. The topological polar surface area (TPSA) is 40.5 Å². The van der Waals surface area contributed by atoms with Crippen molar-refractivity contribution in [2.24, 2.45) is 5.41 Å². The molecule has 0 amide bonds. The number of rotatable bonds is 3. The minimum atomic E-state index is -0.643. The van der Waals surface area contributed by atoms with Crippen molar-refractivity contribution in [3.05, 3.63) is 0 Å². The second-order valence-electron chi connectivity index (χ2n) is 6.32. The summed E-state index contributed by atoms with van der Waals surface area (Å²) >= 11 is 1.93. The van der Waals surface area contributed by atoms with E-state index >= 15 is 0 Å². The van der Waals surface area contributed by atoms with E-state index in [2.05, 4.69) is 18.7 Å². The van der Waals surface area contributed by atoms with Gasteiger partial charge in [-0.05, 0) is 43.5 Å². The molecule has 2 rings (SSSR count). The molecule has 1 atom stereocenters. The molecule has 2 aliphatic rings. The molecule has 0 aliphatic carbocycles. The van der Waals surface area contributed by atoms with Crippen molar-refractivity contribution in [3.63, 3.8) is 0 Å². The molecule has 3 nitrogen and oxygen atoms in total. The molecule has 0 aromatic heterocycles. The number of carbonyl (C=O) groups is 1. The summed E-state index contributed by atoms with van der Waals surface area (Å²) in [5.74, 6) is 1.50. The number of carboxylic acid groups (broad SMARTS) is 1. The van der Waals surface area contributed by atoms with Gasteiger partial charge in [0.25, 0.3) is 0 Å². The van der Waals surface area contributed by atoms with Crippen LogP contribution in [0, 0.1) is 5.41 Å². The normalized spacial score (nSPS) is 33.8. The Balaban J connectivity index is 2.19. The molecule has 4 heteroatoms. The van der Waals surface area contributed by atoms with Crippen LogP contribution in [0.4, 0.5) is 0 Å². The summed E-state index contributed by atoms with van der Waals surface area (Å²) in [5.41, 5.74) is 0.176. The van der Waals surface area contributed by atoms with Crippen LogP contribution in [0.25, 0.3) is 0 Å². The van der Waals surface area contributed by atoms with E-state index in [0.29, 0.717) is 6.42 Å². The maximum atomic E-state index is 11.2. The molecular weight excluding hydrogens is 234 g/mol. The summed E-state index contributed by atoms with van der Waals surface area (Å²) in [4.78, 5) is 13.7. The zero-order valence-electron chi connectivity index (χ0n) is 10.9. The number of carboxylic acids is 1. The van der Waals surface area contributed by atoms with Crippen LogP contribution in [-0.2, 0) is 4.79 Å². The predicted octanol–water partition coefficient (Wildman–Crippen LogP) is 2.46. The second kappa shape index (κ2) is 4.81. The summed E-state index contributed by atoms with van der Waals surface area (Å²) in [6.45, 7) is 6.71. The van der Waals surface area contributed by atoms with Crippen molar-refractivity contribution >= 4 is 17.7 Å². The van der Waals surface area contributed by atoms with Gasteiger partial charge in [-0.15, -0.1) is 0 Å². The van der Waals surface area contributed by atoms with Gasteiger partial charge in [0.1, 0.15) is 0 Å². The van der Waals surface area contributed by atoms with Crippen LogP contribution < -0.4 is 0 Å². The standard InChI is InChI=1S/C13H23NO2S/c1-12(2)8-13(7-11(15)16,10-17-9-12)14-5-3-4-6-14/h3-10H2,1-2H3,(H,15,16). The summed E-state index contributed by atoms with van der Waals surface area (Å²) in [6.07, 6.45) is 3.79. The SMILES string of the molecule is CC1(C)CSCC(CC(=O)O)(N2CCCC2)C1. The summed E-state index contributed by atoms with van der Waals surface area (Å²) in [6, 6.07) is 0. The Labute approximate surface area is 108 Å². The van der Waals surface area contributed by atoms with Gasteiger partial charge in [0.15, 0.2) is 0 Å². The molecule has 2 heterocycles. The lowest BCUT2D eigenvalue weighted by atomic mass is 9.77.